The fraction of sp³-hybridized carbons (Fsp3) is 0.429. The van der Waals surface area contributed by atoms with Gasteiger partial charge in [-0.05, 0) is 44.7 Å². The summed E-state index contributed by atoms with van der Waals surface area (Å²) in [6, 6.07) is 3.91. The number of aromatic nitrogens is 1. The number of rotatable bonds is 5. The molecule has 1 amide bonds. The van der Waals surface area contributed by atoms with Crippen LogP contribution in [0.2, 0.25) is 0 Å². The molecule has 2 aromatic rings. The van der Waals surface area contributed by atoms with Crippen LogP contribution in [0.3, 0.4) is 0 Å². The van der Waals surface area contributed by atoms with Gasteiger partial charge in [-0.25, -0.2) is 4.98 Å². The Labute approximate surface area is 173 Å². The molecule has 152 valence electrons. The molecule has 7 nitrogen and oxygen atoms in total. The highest BCUT2D eigenvalue weighted by Crippen LogP contribution is 2.42. The van der Waals surface area contributed by atoms with Crippen LogP contribution < -0.4 is 15.4 Å². The van der Waals surface area contributed by atoms with E-state index in [9.17, 15) is 9.59 Å². The fourth-order valence-electron chi connectivity index (χ4n) is 4.11. The summed E-state index contributed by atoms with van der Waals surface area (Å²) in [7, 11) is 1.60. The average molecular weight is 413 g/mol. The molecular formula is C21H24N4O3S. The lowest BCUT2D eigenvalue weighted by Crippen LogP contribution is -2.39. The van der Waals surface area contributed by atoms with E-state index in [1.807, 2.05) is 19.1 Å². The van der Waals surface area contributed by atoms with Crippen LogP contribution in [-0.4, -0.2) is 36.7 Å². The molecule has 2 heterocycles. The van der Waals surface area contributed by atoms with Crippen molar-refractivity contribution in [2.24, 2.45) is 16.6 Å². The Balaban J connectivity index is 1.72. The summed E-state index contributed by atoms with van der Waals surface area (Å²) < 4.78 is 6.65. The van der Waals surface area contributed by atoms with Crippen LogP contribution in [0.25, 0.3) is 10.2 Å². The maximum Gasteiger partial charge on any atom is 0.265 e. The summed E-state index contributed by atoms with van der Waals surface area (Å²) in [5.74, 6) is 0.683. The van der Waals surface area contributed by atoms with Crippen molar-refractivity contribution in [3.8, 4) is 5.75 Å². The maximum absolute atomic E-state index is 12.0. The third kappa shape index (κ3) is 3.64. The zero-order valence-electron chi connectivity index (χ0n) is 16.5. The maximum atomic E-state index is 12.0. The quantitative estimate of drug-likeness (QED) is 0.759. The van der Waals surface area contributed by atoms with Crippen molar-refractivity contribution in [1.29, 1.82) is 0 Å². The molecule has 1 unspecified atom stereocenters. The number of allylic oxidation sites excluding steroid dienone is 1. The second-order valence-electron chi connectivity index (χ2n) is 7.51. The van der Waals surface area contributed by atoms with Crippen molar-refractivity contribution in [2.45, 2.75) is 44.7 Å². The van der Waals surface area contributed by atoms with Crippen LogP contribution in [0, 0.1) is 5.92 Å². The molecule has 1 aliphatic heterocycles. The number of carbonyl (C=O) groups is 2. The van der Waals surface area contributed by atoms with Crippen molar-refractivity contribution in [1.82, 2.24) is 4.98 Å². The fourth-order valence-corrected chi connectivity index (χ4v) is 5.26. The Bertz CT molecular complexity index is 1000. The number of primary amides is 1. The molecule has 1 aromatic heterocycles. The number of methoxy groups -OCH3 is 1. The number of nitrogens with zero attached hydrogens (tertiary/aromatic N) is 3. The number of nitrogens with two attached hydrogens (primary N) is 1. The number of carbonyl (C=O) groups excluding carboxylic acids is 2. The van der Waals surface area contributed by atoms with E-state index in [4.69, 9.17) is 15.5 Å². The molecule has 29 heavy (non-hydrogen) atoms. The molecule has 0 saturated heterocycles. The number of hydrogen-bond donors (Lipinski definition) is 1. The number of anilines is 1. The minimum atomic E-state index is -0.512. The standard InChI is InChI=1S/C21H24N4O3S/c1-12-23-8-7-16(20(22)27)25(12)17-10-19-15(9-18(17)28-2)24-21(29-19)14-5-3-13(11-26)4-6-14/h7-14H,3-6H2,1-2H3,(H2,22,27). The van der Waals surface area contributed by atoms with Gasteiger partial charge in [0.1, 0.15) is 23.9 Å². The van der Waals surface area contributed by atoms with Gasteiger partial charge in [-0.2, -0.15) is 0 Å². The molecule has 1 aliphatic carbocycles. The first-order chi connectivity index (χ1) is 14.0. The monoisotopic (exact) mass is 412 g/mol. The molecule has 1 atom stereocenters. The van der Waals surface area contributed by atoms with Gasteiger partial charge in [-0.3, -0.25) is 9.79 Å². The minimum absolute atomic E-state index is 0.187. The first-order valence-electron chi connectivity index (χ1n) is 9.78. The van der Waals surface area contributed by atoms with Gasteiger partial charge in [0, 0.05) is 24.1 Å². The van der Waals surface area contributed by atoms with Gasteiger partial charge in [-0.15, -0.1) is 11.3 Å². The molecule has 1 fully saturated rings. The summed E-state index contributed by atoms with van der Waals surface area (Å²) >= 11 is 1.67. The number of amides is 1. The van der Waals surface area contributed by atoms with E-state index in [1.165, 1.54) is 0 Å². The van der Waals surface area contributed by atoms with Crippen LogP contribution in [0.15, 0.2) is 28.9 Å². The van der Waals surface area contributed by atoms with Gasteiger partial charge >= 0.3 is 0 Å². The molecule has 1 aromatic carbocycles. The number of aldehydes is 1. The highest BCUT2D eigenvalue weighted by molar-refractivity contribution is 7.18. The Morgan fingerprint density at radius 3 is 2.72 bits per heavy atom. The Morgan fingerprint density at radius 2 is 2.07 bits per heavy atom. The van der Waals surface area contributed by atoms with E-state index < -0.39 is 5.91 Å². The number of benzene rings is 1. The lowest BCUT2D eigenvalue weighted by Gasteiger charge is -2.32. The Kier molecular flexibility index (Phi) is 5.36. The number of thiazole rings is 1. The highest BCUT2D eigenvalue weighted by Gasteiger charge is 2.28. The van der Waals surface area contributed by atoms with E-state index in [0.29, 0.717) is 17.4 Å². The van der Waals surface area contributed by atoms with E-state index >= 15 is 0 Å². The largest absolute Gasteiger partial charge is 0.494 e. The summed E-state index contributed by atoms with van der Waals surface area (Å²) in [5.41, 5.74) is 7.60. The second kappa shape index (κ2) is 7.94. The van der Waals surface area contributed by atoms with Crippen molar-refractivity contribution < 1.29 is 14.3 Å². The smallest absolute Gasteiger partial charge is 0.265 e. The van der Waals surface area contributed by atoms with Crippen molar-refractivity contribution >= 4 is 45.6 Å². The highest BCUT2D eigenvalue weighted by atomic mass is 32.1. The minimum Gasteiger partial charge on any atom is -0.494 e. The van der Waals surface area contributed by atoms with Crippen LogP contribution in [0.5, 0.6) is 5.75 Å². The average Bonchev–Trinajstić information content (AvgIpc) is 3.15. The number of hydrogen-bond acceptors (Lipinski definition) is 7. The summed E-state index contributed by atoms with van der Waals surface area (Å²) in [4.78, 5) is 34.1. The summed E-state index contributed by atoms with van der Waals surface area (Å²) in [6.07, 6.45) is 7.85. The Morgan fingerprint density at radius 1 is 1.31 bits per heavy atom. The first kappa shape index (κ1) is 19.6. The summed E-state index contributed by atoms with van der Waals surface area (Å²) in [6.45, 7) is 1.90. The third-order valence-corrected chi connectivity index (χ3v) is 6.88. The zero-order chi connectivity index (χ0) is 20.5. The third-order valence-electron chi connectivity index (χ3n) is 5.70. The van der Waals surface area contributed by atoms with Gasteiger partial charge in [0.2, 0.25) is 0 Å². The van der Waals surface area contributed by atoms with E-state index in [2.05, 4.69) is 4.99 Å². The van der Waals surface area contributed by atoms with Gasteiger partial charge in [0.05, 0.1) is 28.0 Å². The van der Waals surface area contributed by atoms with Gasteiger partial charge < -0.3 is 20.2 Å². The van der Waals surface area contributed by atoms with Crippen LogP contribution in [0.1, 0.15) is 43.5 Å². The second-order valence-corrected chi connectivity index (χ2v) is 8.57. The molecule has 1 saturated carbocycles. The topological polar surface area (TPSA) is 97.9 Å². The number of fused-ring (bicyclic) bond motifs is 1. The SMILES string of the molecule is COc1cc2nc(C3CCC(C=O)CC3)sc2cc1N1C(C(N)=O)=CC=NC1C. The van der Waals surface area contributed by atoms with E-state index in [0.717, 1.165) is 52.9 Å². The van der Waals surface area contributed by atoms with Crippen molar-refractivity contribution in [2.75, 3.05) is 12.0 Å². The van der Waals surface area contributed by atoms with E-state index in [-0.39, 0.29) is 12.1 Å². The van der Waals surface area contributed by atoms with E-state index in [1.54, 1.807) is 35.6 Å². The van der Waals surface area contributed by atoms with Gasteiger partial charge in [0.15, 0.2) is 0 Å². The van der Waals surface area contributed by atoms with Crippen LogP contribution in [-0.2, 0) is 9.59 Å². The molecule has 8 heteroatoms. The molecule has 0 spiro atoms. The molecule has 2 aliphatic rings. The number of aliphatic imine (C=N–C) groups is 1. The zero-order valence-corrected chi connectivity index (χ0v) is 17.3. The van der Waals surface area contributed by atoms with Crippen molar-refractivity contribution in [3.63, 3.8) is 0 Å². The first-order valence-corrected chi connectivity index (χ1v) is 10.6. The normalized spacial score (nSPS) is 24.4. The molecule has 0 bridgehead atoms. The predicted molar refractivity (Wildman–Crippen MR) is 115 cm³/mol. The van der Waals surface area contributed by atoms with Crippen molar-refractivity contribution in [3.05, 3.63) is 28.9 Å². The van der Waals surface area contributed by atoms with Crippen LogP contribution >= 0.6 is 11.3 Å². The Hall–Kier alpha value is -2.74. The summed E-state index contributed by atoms with van der Waals surface area (Å²) in [5, 5.41) is 1.10. The number of ether oxygens (including phenoxy) is 1. The molecular weight excluding hydrogens is 388 g/mol. The molecule has 2 N–H and O–H groups in total. The van der Waals surface area contributed by atoms with Gasteiger partial charge in [0.25, 0.3) is 5.91 Å². The van der Waals surface area contributed by atoms with Gasteiger partial charge in [-0.1, -0.05) is 0 Å². The van der Waals surface area contributed by atoms with Crippen LogP contribution in [0.4, 0.5) is 5.69 Å². The molecule has 4 rings (SSSR count). The lowest BCUT2D eigenvalue weighted by molar-refractivity contribution is -0.114. The predicted octanol–water partition coefficient (Wildman–Crippen LogP) is 3.38. The molecule has 0 radical (unpaired) electrons. The lowest BCUT2D eigenvalue weighted by atomic mass is 9.83.